The highest BCUT2D eigenvalue weighted by Crippen LogP contribution is 2.63. The average Bonchev–Trinajstić information content (AvgIpc) is 2.39. The molecule has 2 rings (SSSR count). The van der Waals surface area contributed by atoms with Crippen molar-refractivity contribution in [1.82, 2.24) is 0 Å². The number of hydrogen-bond acceptors (Lipinski definition) is 3. The molecule has 60 valence electrons. The quantitative estimate of drug-likeness (QED) is 0.475. The summed E-state index contributed by atoms with van der Waals surface area (Å²) in [5.74, 6) is -0.176. The predicted octanol–water partition coefficient (Wildman–Crippen LogP) is 1.94. The van der Waals surface area contributed by atoms with Crippen molar-refractivity contribution in [2.75, 3.05) is 0 Å². The van der Waals surface area contributed by atoms with E-state index in [4.69, 9.17) is 23.2 Å². The first-order chi connectivity index (χ1) is 4.94. The molecule has 0 aromatic rings. The lowest BCUT2D eigenvalue weighted by Crippen LogP contribution is -2.19. The Morgan fingerprint density at radius 3 is 2.55 bits per heavy atom. The van der Waals surface area contributed by atoms with Crippen molar-refractivity contribution in [1.29, 1.82) is 0 Å². The Morgan fingerprint density at radius 2 is 2.00 bits per heavy atom. The van der Waals surface area contributed by atoms with Crippen LogP contribution in [0.3, 0.4) is 0 Å². The molecule has 1 heterocycles. The molecular weight excluding hydrogens is 207 g/mol. The van der Waals surface area contributed by atoms with Gasteiger partial charge in [0.25, 0.3) is 0 Å². The highest BCUT2D eigenvalue weighted by Gasteiger charge is 2.57. The fourth-order valence-corrected chi connectivity index (χ4v) is 2.33. The van der Waals surface area contributed by atoms with Gasteiger partial charge in [0.1, 0.15) is 5.76 Å². The van der Waals surface area contributed by atoms with Crippen LogP contribution in [0.25, 0.3) is 0 Å². The van der Waals surface area contributed by atoms with E-state index in [9.17, 15) is 10.2 Å². The van der Waals surface area contributed by atoms with E-state index in [0.717, 1.165) is 11.8 Å². The normalized spacial score (nSPS) is 38.8. The Bertz CT molecular complexity index is 284. The maximum atomic E-state index is 9.41. The third kappa shape index (κ3) is 1.07. The first-order valence-electron chi connectivity index (χ1n) is 2.89. The molecule has 1 atom stereocenters. The minimum Gasteiger partial charge on any atom is -0.508 e. The van der Waals surface area contributed by atoms with Gasteiger partial charge in [-0.25, -0.2) is 0 Å². The molecule has 0 aromatic heterocycles. The van der Waals surface area contributed by atoms with Gasteiger partial charge in [0, 0.05) is 4.91 Å². The van der Waals surface area contributed by atoms with Crippen molar-refractivity contribution in [2.45, 2.75) is 9.27 Å². The summed E-state index contributed by atoms with van der Waals surface area (Å²) in [5.41, 5.74) is 0. The SMILES string of the molecule is OC1=CC(Cl)(Cl)C=C2SC12O. The van der Waals surface area contributed by atoms with Gasteiger partial charge in [0.15, 0.2) is 4.33 Å². The molecule has 1 aliphatic carbocycles. The number of allylic oxidation sites excluding steroid dienone is 2. The lowest BCUT2D eigenvalue weighted by Gasteiger charge is -2.15. The van der Waals surface area contributed by atoms with E-state index in [1.165, 1.54) is 12.2 Å². The first-order valence-corrected chi connectivity index (χ1v) is 4.46. The Balaban J connectivity index is 2.43. The van der Waals surface area contributed by atoms with E-state index in [0.29, 0.717) is 4.91 Å². The monoisotopic (exact) mass is 210 g/mol. The van der Waals surface area contributed by atoms with E-state index in [1.54, 1.807) is 0 Å². The molecule has 1 unspecified atom stereocenters. The molecule has 0 aromatic carbocycles. The Labute approximate surface area is 77.5 Å². The molecule has 1 saturated heterocycles. The number of fused-ring (bicyclic) bond motifs is 1. The molecule has 1 aliphatic heterocycles. The van der Waals surface area contributed by atoms with Crippen molar-refractivity contribution >= 4 is 35.0 Å². The van der Waals surface area contributed by atoms with Crippen molar-refractivity contribution in [3.63, 3.8) is 0 Å². The van der Waals surface area contributed by atoms with Crippen LogP contribution in [0.15, 0.2) is 22.8 Å². The van der Waals surface area contributed by atoms with Crippen LogP contribution in [-0.2, 0) is 0 Å². The summed E-state index contributed by atoms with van der Waals surface area (Å²) in [6, 6.07) is 0. The van der Waals surface area contributed by atoms with Crippen molar-refractivity contribution < 1.29 is 10.2 Å². The second kappa shape index (κ2) is 1.91. The molecule has 2 aliphatic rings. The van der Waals surface area contributed by atoms with Crippen LogP contribution in [0.1, 0.15) is 0 Å². The van der Waals surface area contributed by atoms with Crippen molar-refractivity contribution in [3.05, 3.63) is 22.8 Å². The minimum atomic E-state index is -1.21. The summed E-state index contributed by atoms with van der Waals surface area (Å²) in [6.45, 7) is 0. The van der Waals surface area contributed by atoms with Crippen LogP contribution >= 0.6 is 35.0 Å². The lowest BCUT2D eigenvalue weighted by atomic mass is 10.1. The standard InChI is InChI=1S/C6H4Cl2O2S/c7-5(8)1-3(9)6(10)4(2-5)11-6/h1-2,9-10H. The molecule has 0 spiro atoms. The minimum absolute atomic E-state index is 0.176. The van der Waals surface area contributed by atoms with E-state index >= 15 is 0 Å². The Morgan fingerprint density at radius 1 is 1.36 bits per heavy atom. The van der Waals surface area contributed by atoms with Gasteiger partial charge in [-0.05, 0) is 12.2 Å². The fourth-order valence-electron chi connectivity index (χ4n) is 0.936. The largest absolute Gasteiger partial charge is 0.508 e. The Hall–Kier alpha value is 0.170. The third-order valence-electron chi connectivity index (χ3n) is 1.55. The second-order valence-corrected chi connectivity index (χ2v) is 5.14. The van der Waals surface area contributed by atoms with Crippen LogP contribution in [-0.4, -0.2) is 19.5 Å². The number of aliphatic hydroxyl groups is 2. The molecule has 2 nitrogen and oxygen atoms in total. The molecule has 5 heteroatoms. The number of rotatable bonds is 0. The van der Waals surface area contributed by atoms with Crippen LogP contribution in [0.4, 0.5) is 0 Å². The summed E-state index contributed by atoms with van der Waals surface area (Å²) >= 11 is 12.5. The molecule has 11 heavy (non-hydrogen) atoms. The van der Waals surface area contributed by atoms with Gasteiger partial charge >= 0.3 is 0 Å². The molecular formula is C6H4Cl2O2S. The Kier molecular flexibility index (Phi) is 1.35. The highest BCUT2D eigenvalue weighted by atomic mass is 35.5. The van der Waals surface area contributed by atoms with Gasteiger partial charge in [-0.1, -0.05) is 35.0 Å². The van der Waals surface area contributed by atoms with Gasteiger partial charge < -0.3 is 10.2 Å². The zero-order chi connectivity index (χ0) is 8.28. The zero-order valence-electron chi connectivity index (χ0n) is 5.21. The summed E-state index contributed by atoms with van der Waals surface area (Å²) in [4.78, 5) is -0.602. The number of halogens is 2. The zero-order valence-corrected chi connectivity index (χ0v) is 7.54. The van der Waals surface area contributed by atoms with Gasteiger partial charge in [0.05, 0.1) is 0 Å². The van der Waals surface area contributed by atoms with Gasteiger partial charge in [-0.2, -0.15) is 0 Å². The van der Waals surface area contributed by atoms with E-state index in [2.05, 4.69) is 0 Å². The molecule has 0 bridgehead atoms. The average molecular weight is 211 g/mol. The number of thioether (sulfide) groups is 1. The van der Waals surface area contributed by atoms with Crippen molar-refractivity contribution in [2.24, 2.45) is 0 Å². The molecule has 0 amide bonds. The molecule has 1 fully saturated rings. The second-order valence-electron chi connectivity index (χ2n) is 2.46. The fraction of sp³-hybridized carbons (Fsp3) is 0.333. The summed E-state index contributed by atoms with van der Waals surface area (Å²) < 4.78 is -1.17. The van der Waals surface area contributed by atoms with Crippen LogP contribution in [0.2, 0.25) is 0 Å². The lowest BCUT2D eigenvalue weighted by molar-refractivity contribution is 0.176. The summed E-state index contributed by atoms with van der Waals surface area (Å²) in [5, 5.41) is 18.6. The predicted molar refractivity (Wildman–Crippen MR) is 45.8 cm³/mol. The van der Waals surface area contributed by atoms with Crippen LogP contribution in [0.5, 0.6) is 0 Å². The van der Waals surface area contributed by atoms with E-state index in [-0.39, 0.29) is 5.76 Å². The van der Waals surface area contributed by atoms with E-state index in [1.807, 2.05) is 0 Å². The van der Waals surface area contributed by atoms with Gasteiger partial charge in [-0.3, -0.25) is 0 Å². The summed E-state index contributed by atoms with van der Waals surface area (Å²) in [7, 11) is 0. The smallest absolute Gasteiger partial charge is 0.203 e. The molecule has 2 N–H and O–H groups in total. The van der Waals surface area contributed by atoms with E-state index < -0.39 is 9.27 Å². The molecule has 0 radical (unpaired) electrons. The van der Waals surface area contributed by atoms with Crippen molar-refractivity contribution in [3.8, 4) is 0 Å². The first kappa shape index (κ1) is 7.80. The van der Waals surface area contributed by atoms with Crippen LogP contribution < -0.4 is 0 Å². The number of hydrogen-bond donors (Lipinski definition) is 2. The number of alkyl halides is 2. The highest BCUT2D eigenvalue weighted by molar-refractivity contribution is 8.12. The number of aliphatic hydroxyl groups excluding tert-OH is 1. The summed E-state index contributed by atoms with van der Waals surface area (Å²) in [6.07, 6.45) is 2.74. The van der Waals surface area contributed by atoms with Crippen LogP contribution in [0, 0.1) is 0 Å². The van der Waals surface area contributed by atoms with Gasteiger partial charge in [0.2, 0.25) is 4.93 Å². The maximum absolute atomic E-state index is 9.41. The third-order valence-corrected chi connectivity index (χ3v) is 3.14. The topological polar surface area (TPSA) is 40.5 Å². The maximum Gasteiger partial charge on any atom is 0.203 e. The van der Waals surface area contributed by atoms with Gasteiger partial charge in [-0.15, -0.1) is 0 Å². The molecule has 0 saturated carbocycles.